The standard InChI is InChI=1S/C21H28N2O5S/c1-3-28-19(25)8-7-18(24)22-11-9-21(10-12-22)23(13-14-29-21)20(26)16-5-4-6-17(15-16)27-2/h4-6,15H,3,7-14H2,1-2H3. The fourth-order valence-electron chi connectivity index (χ4n) is 3.93. The van der Waals surface area contributed by atoms with Crippen LogP contribution >= 0.6 is 11.8 Å². The molecular formula is C21H28N2O5S. The van der Waals surface area contributed by atoms with Gasteiger partial charge in [-0.2, -0.15) is 0 Å². The molecule has 0 aliphatic carbocycles. The van der Waals surface area contributed by atoms with Crippen LogP contribution in [0.2, 0.25) is 0 Å². The van der Waals surface area contributed by atoms with Gasteiger partial charge in [0.15, 0.2) is 0 Å². The Kier molecular flexibility index (Phi) is 7.05. The van der Waals surface area contributed by atoms with E-state index in [0.717, 1.165) is 18.6 Å². The number of esters is 1. The highest BCUT2D eigenvalue weighted by Gasteiger charge is 2.47. The number of piperidine rings is 1. The van der Waals surface area contributed by atoms with Crippen LogP contribution in [-0.2, 0) is 14.3 Å². The molecule has 0 atom stereocenters. The maximum absolute atomic E-state index is 13.2. The van der Waals surface area contributed by atoms with Gasteiger partial charge in [-0.15, -0.1) is 11.8 Å². The fraction of sp³-hybridized carbons (Fsp3) is 0.571. The first-order valence-corrected chi connectivity index (χ1v) is 11.0. The minimum atomic E-state index is -0.337. The average molecular weight is 421 g/mol. The summed E-state index contributed by atoms with van der Waals surface area (Å²) in [5.74, 6) is 1.21. The molecule has 1 aromatic carbocycles. The average Bonchev–Trinajstić information content (AvgIpc) is 3.15. The molecule has 2 aliphatic rings. The number of nitrogens with zero attached hydrogens (tertiary/aromatic N) is 2. The number of amides is 2. The zero-order chi connectivity index (χ0) is 20.9. The van der Waals surface area contributed by atoms with E-state index in [0.29, 0.717) is 37.6 Å². The van der Waals surface area contributed by atoms with Crippen LogP contribution in [0.15, 0.2) is 24.3 Å². The second kappa shape index (κ2) is 9.52. The van der Waals surface area contributed by atoms with Crippen molar-refractivity contribution in [2.75, 3.05) is 39.1 Å². The van der Waals surface area contributed by atoms with Crippen molar-refractivity contribution in [2.24, 2.45) is 0 Å². The summed E-state index contributed by atoms with van der Waals surface area (Å²) < 4.78 is 10.1. The first-order valence-electron chi connectivity index (χ1n) is 10.0. The molecule has 1 aromatic rings. The number of thioether (sulfide) groups is 1. The quantitative estimate of drug-likeness (QED) is 0.659. The third kappa shape index (κ3) is 4.86. The summed E-state index contributed by atoms with van der Waals surface area (Å²) >= 11 is 1.81. The Bertz CT molecular complexity index is 761. The van der Waals surface area contributed by atoms with Crippen LogP contribution in [0.4, 0.5) is 0 Å². The van der Waals surface area contributed by atoms with Crippen molar-refractivity contribution < 1.29 is 23.9 Å². The molecule has 8 heteroatoms. The predicted octanol–water partition coefficient (Wildman–Crippen LogP) is 2.55. The molecule has 158 valence electrons. The lowest BCUT2D eigenvalue weighted by atomic mass is 10.0. The number of carbonyl (C=O) groups is 3. The van der Waals surface area contributed by atoms with Gasteiger partial charge in [0.1, 0.15) is 5.75 Å². The summed E-state index contributed by atoms with van der Waals surface area (Å²) in [4.78, 5) is 40.6. The van der Waals surface area contributed by atoms with E-state index in [1.54, 1.807) is 25.0 Å². The van der Waals surface area contributed by atoms with Gasteiger partial charge in [-0.1, -0.05) is 6.07 Å². The summed E-state index contributed by atoms with van der Waals surface area (Å²) in [5, 5.41) is 0. The van der Waals surface area contributed by atoms with E-state index < -0.39 is 0 Å². The summed E-state index contributed by atoms with van der Waals surface area (Å²) in [6.45, 7) is 3.97. The van der Waals surface area contributed by atoms with Crippen molar-refractivity contribution in [1.82, 2.24) is 9.80 Å². The smallest absolute Gasteiger partial charge is 0.306 e. The number of ether oxygens (including phenoxy) is 2. The van der Waals surface area contributed by atoms with Crippen LogP contribution in [0.25, 0.3) is 0 Å². The molecule has 29 heavy (non-hydrogen) atoms. The summed E-state index contributed by atoms with van der Waals surface area (Å²) in [5.41, 5.74) is 0.624. The Morgan fingerprint density at radius 2 is 1.90 bits per heavy atom. The largest absolute Gasteiger partial charge is 0.497 e. The van der Waals surface area contributed by atoms with E-state index in [-0.39, 0.29) is 35.5 Å². The molecule has 3 rings (SSSR count). The number of carbonyl (C=O) groups excluding carboxylic acids is 3. The molecule has 2 fully saturated rings. The normalized spacial score (nSPS) is 18.0. The van der Waals surface area contributed by atoms with Gasteiger partial charge in [-0.3, -0.25) is 14.4 Å². The summed E-state index contributed by atoms with van der Waals surface area (Å²) in [6.07, 6.45) is 1.76. The highest BCUT2D eigenvalue weighted by molar-refractivity contribution is 8.00. The van der Waals surface area contributed by atoms with Crippen LogP contribution in [-0.4, -0.2) is 71.6 Å². The van der Waals surface area contributed by atoms with Gasteiger partial charge in [0.05, 0.1) is 25.0 Å². The van der Waals surface area contributed by atoms with E-state index in [1.165, 1.54) is 0 Å². The van der Waals surface area contributed by atoms with Crippen molar-refractivity contribution in [1.29, 1.82) is 0 Å². The molecule has 2 saturated heterocycles. The molecular weight excluding hydrogens is 392 g/mol. The van der Waals surface area contributed by atoms with Crippen LogP contribution in [0.1, 0.15) is 43.0 Å². The highest BCUT2D eigenvalue weighted by Crippen LogP contribution is 2.44. The molecule has 2 amide bonds. The Morgan fingerprint density at radius 3 is 2.59 bits per heavy atom. The van der Waals surface area contributed by atoms with Gasteiger partial charge in [0.2, 0.25) is 5.91 Å². The van der Waals surface area contributed by atoms with Gasteiger partial charge < -0.3 is 19.3 Å². The minimum Gasteiger partial charge on any atom is -0.497 e. The second-order valence-electron chi connectivity index (χ2n) is 7.17. The van der Waals surface area contributed by atoms with Gasteiger partial charge >= 0.3 is 5.97 Å². The van der Waals surface area contributed by atoms with E-state index >= 15 is 0 Å². The lowest BCUT2D eigenvalue weighted by molar-refractivity contribution is -0.146. The van der Waals surface area contributed by atoms with Crippen LogP contribution in [0, 0.1) is 0 Å². The number of methoxy groups -OCH3 is 1. The van der Waals surface area contributed by atoms with Gasteiger partial charge in [-0.05, 0) is 38.0 Å². The van der Waals surface area contributed by atoms with Crippen molar-refractivity contribution in [2.45, 2.75) is 37.5 Å². The molecule has 0 N–H and O–H groups in total. The molecule has 2 aliphatic heterocycles. The topological polar surface area (TPSA) is 76.2 Å². The van der Waals surface area contributed by atoms with E-state index in [2.05, 4.69) is 0 Å². The van der Waals surface area contributed by atoms with Crippen LogP contribution in [0.3, 0.4) is 0 Å². The molecule has 1 spiro atoms. The second-order valence-corrected chi connectivity index (χ2v) is 8.63. The molecule has 0 unspecified atom stereocenters. The Hall–Kier alpha value is -2.22. The fourth-order valence-corrected chi connectivity index (χ4v) is 5.38. The van der Waals surface area contributed by atoms with E-state index in [1.807, 2.05) is 34.9 Å². The number of benzene rings is 1. The molecule has 7 nitrogen and oxygen atoms in total. The zero-order valence-corrected chi connectivity index (χ0v) is 17.8. The third-order valence-corrected chi connectivity index (χ3v) is 7.04. The number of hydrogen-bond acceptors (Lipinski definition) is 6. The lowest BCUT2D eigenvalue weighted by Gasteiger charge is -2.44. The summed E-state index contributed by atoms with van der Waals surface area (Å²) in [6, 6.07) is 7.24. The summed E-state index contributed by atoms with van der Waals surface area (Å²) in [7, 11) is 1.59. The molecule has 0 aromatic heterocycles. The SMILES string of the molecule is CCOC(=O)CCC(=O)N1CCC2(CC1)SCCN2C(=O)c1cccc(OC)c1. The number of rotatable bonds is 6. The molecule has 0 bridgehead atoms. The van der Waals surface area contributed by atoms with Gasteiger partial charge in [0.25, 0.3) is 5.91 Å². The maximum Gasteiger partial charge on any atom is 0.306 e. The molecule has 0 saturated carbocycles. The first kappa shape index (κ1) is 21.5. The highest BCUT2D eigenvalue weighted by atomic mass is 32.2. The Morgan fingerprint density at radius 1 is 1.14 bits per heavy atom. The number of likely N-dealkylation sites (tertiary alicyclic amines) is 1. The van der Waals surface area contributed by atoms with Crippen LogP contribution in [0.5, 0.6) is 5.75 Å². The Balaban J connectivity index is 1.60. The van der Waals surface area contributed by atoms with Gasteiger partial charge in [-0.25, -0.2) is 0 Å². The third-order valence-electron chi connectivity index (χ3n) is 5.49. The lowest BCUT2D eigenvalue weighted by Crippen LogP contribution is -2.53. The minimum absolute atomic E-state index is 0.0102. The van der Waals surface area contributed by atoms with Crippen molar-refractivity contribution >= 4 is 29.5 Å². The van der Waals surface area contributed by atoms with Crippen LogP contribution < -0.4 is 4.74 Å². The first-order chi connectivity index (χ1) is 14.0. The Labute approximate surface area is 175 Å². The van der Waals surface area contributed by atoms with Crippen molar-refractivity contribution in [3.05, 3.63) is 29.8 Å². The maximum atomic E-state index is 13.2. The predicted molar refractivity (Wildman–Crippen MR) is 111 cm³/mol. The molecule has 2 heterocycles. The van der Waals surface area contributed by atoms with E-state index in [4.69, 9.17) is 9.47 Å². The monoisotopic (exact) mass is 420 g/mol. The van der Waals surface area contributed by atoms with Crippen molar-refractivity contribution in [3.63, 3.8) is 0 Å². The van der Waals surface area contributed by atoms with Crippen molar-refractivity contribution in [3.8, 4) is 5.75 Å². The zero-order valence-electron chi connectivity index (χ0n) is 17.0. The van der Waals surface area contributed by atoms with E-state index in [9.17, 15) is 14.4 Å². The van der Waals surface area contributed by atoms with Gasteiger partial charge in [0, 0.05) is 37.4 Å². The number of hydrogen-bond donors (Lipinski definition) is 0. The molecule has 0 radical (unpaired) electrons.